The summed E-state index contributed by atoms with van der Waals surface area (Å²) in [6.07, 6.45) is -3.26. The molecule has 0 amide bonds. The highest BCUT2D eigenvalue weighted by atomic mass is 19.4. The van der Waals surface area contributed by atoms with E-state index in [1.165, 1.54) is 4.57 Å². The molecule has 3 heterocycles. The molecule has 1 aliphatic heterocycles. The third kappa shape index (κ3) is 5.15. The van der Waals surface area contributed by atoms with E-state index in [-0.39, 0.29) is 11.7 Å². The average Bonchev–Trinajstić information content (AvgIpc) is 2.69. The summed E-state index contributed by atoms with van der Waals surface area (Å²) in [5.41, 5.74) is 1.36. The number of nitrogens with one attached hydrogen (secondary N) is 1. The Bertz CT molecular complexity index is 1180. The maximum absolute atomic E-state index is 12.4. The maximum atomic E-state index is 12.4. The van der Waals surface area contributed by atoms with Crippen LogP contribution in [0.5, 0.6) is 5.88 Å². The van der Waals surface area contributed by atoms with Crippen molar-refractivity contribution in [1.82, 2.24) is 24.8 Å². The quantitative estimate of drug-likeness (QED) is 0.635. The van der Waals surface area contributed by atoms with Crippen LogP contribution in [0.2, 0.25) is 0 Å². The van der Waals surface area contributed by atoms with Crippen LogP contribution in [0, 0.1) is 6.92 Å². The summed E-state index contributed by atoms with van der Waals surface area (Å²) in [6.45, 7) is 3.47. The van der Waals surface area contributed by atoms with Crippen molar-refractivity contribution in [2.45, 2.75) is 19.2 Å². The van der Waals surface area contributed by atoms with Crippen LogP contribution in [0.3, 0.4) is 0 Å². The Balaban J connectivity index is 0.000000339. The zero-order valence-electron chi connectivity index (χ0n) is 16.5. The summed E-state index contributed by atoms with van der Waals surface area (Å²) in [5.74, 6) is -1.00. The Hall–Kier alpha value is -3.54. The number of hydrogen-bond donors (Lipinski definition) is 2. The Kier molecular flexibility index (Phi) is 6.20. The minimum absolute atomic E-state index is 0.0766. The van der Waals surface area contributed by atoms with Gasteiger partial charge in [-0.05, 0) is 25.1 Å². The number of rotatable bonds is 3. The zero-order chi connectivity index (χ0) is 22.8. The molecular weight excluding hydrogens is 419 g/mol. The third-order valence-corrected chi connectivity index (χ3v) is 4.46. The minimum atomic E-state index is -5.08. The highest BCUT2D eigenvalue weighted by Gasteiger charge is 2.38. The van der Waals surface area contributed by atoms with Crippen LogP contribution in [0.4, 0.5) is 13.2 Å². The van der Waals surface area contributed by atoms with Crippen LogP contribution in [-0.2, 0) is 11.8 Å². The van der Waals surface area contributed by atoms with Gasteiger partial charge in [0.05, 0.1) is 10.9 Å². The number of halogens is 3. The number of nitrogens with zero attached hydrogens (tertiary/aromatic N) is 4. The molecule has 31 heavy (non-hydrogen) atoms. The van der Waals surface area contributed by atoms with E-state index >= 15 is 0 Å². The molecule has 2 aromatic heterocycles. The van der Waals surface area contributed by atoms with Gasteiger partial charge in [0.25, 0.3) is 5.56 Å². The average molecular weight is 437 g/mol. The number of aliphatic carboxylic acids is 1. The number of fused-ring (bicyclic) bond motifs is 1. The summed E-state index contributed by atoms with van der Waals surface area (Å²) in [5, 5.41) is 10.8. The van der Waals surface area contributed by atoms with Crippen molar-refractivity contribution < 1.29 is 27.8 Å². The van der Waals surface area contributed by atoms with Crippen LogP contribution < -0.4 is 15.6 Å². The van der Waals surface area contributed by atoms with Gasteiger partial charge in [0.15, 0.2) is 5.82 Å². The molecule has 0 spiro atoms. The maximum Gasteiger partial charge on any atom is 0.490 e. The van der Waals surface area contributed by atoms with E-state index in [1.807, 2.05) is 19.1 Å². The van der Waals surface area contributed by atoms with Crippen molar-refractivity contribution in [2.24, 2.45) is 7.05 Å². The van der Waals surface area contributed by atoms with E-state index < -0.39 is 12.1 Å². The van der Waals surface area contributed by atoms with Gasteiger partial charge >= 0.3 is 12.1 Å². The lowest BCUT2D eigenvalue weighted by Gasteiger charge is -2.27. The molecule has 0 bridgehead atoms. The molecule has 9 nitrogen and oxygen atoms in total. The Labute approximate surface area is 173 Å². The van der Waals surface area contributed by atoms with Gasteiger partial charge in [-0.1, -0.05) is 0 Å². The van der Waals surface area contributed by atoms with Crippen LogP contribution in [0.25, 0.3) is 22.3 Å². The number of carboxylic acids is 1. The van der Waals surface area contributed by atoms with Crippen LogP contribution >= 0.6 is 0 Å². The van der Waals surface area contributed by atoms with Gasteiger partial charge < -0.3 is 15.2 Å². The van der Waals surface area contributed by atoms with Crippen LogP contribution in [-0.4, -0.2) is 56.0 Å². The van der Waals surface area contributed by atoms with Gasteiger partial charge in [-0.25, -0.2) is 14.8 Å². The summed E-state index contributed by atoms with van der Waals surface area (Å²) >= 11 is 0. The summed E-state index contributed by atoms with van der Waals surface area (Å²) in [7, 11) is 1.72. The summed E-state index contributed by atoms with van der Waals surface area (Å²) < 4.78 is 39.0. The molecule has 1 aromatic carbocycles. The zero-order valence-corrected chi connectivity index (χ0v) is 16.5. The molecule has 0 aliphatic carbocycles. The number of carboxylic acid groups (broad SMARTS) is 1. The second kappa shape index (κ2) is 8.68. The van der Waals surface area contributed by atoms with Crippen molar-refractivity contribution in [1.29, 1.82) is 0 Å². The van der Waals surface area contributed by atoms with Gasteiger partial charge in [0, 0.05) is 38.0 Å². The van der Waals surface area contributed by atoms with E-state index in [0.717, 1.165) is 18.7 Å². The molecule has 3 aromatic rings. The largest absolute Gasteiger partial charge is 0.490 e. The third-order valence-electron chi connectivity index (χ3n) is 4.46. The van der Waals surface area contributed by atoms with Gasteiger partial charge in [0.1, 0.15) is 11.9 Å². The van der Waals surface area contributed by atoms with Crippen LogP contribution in [0.1, 0.15) is 5.82 Å². The van der Waals surface area contributed by atoms with Gasteiger partial charge in [-0.15, -0.1) is 0 Å². The predicted molar refractivity (Wildman–Crippen MR) is 104 cm³/mol. The first kappa shape index (κ1) is 22.2. The van der Waals surface area contributed by atoms with E-state index in [4.69, 9.17) is 14.6 Å². The molecule has 4 rings (SSSR count). The highest BCUT2D eigenvalue weighted by Crippen LogP contribution is 2.21. The Morgan fingerprint density at radius 3 is 2.52 bits per heavy atom. The number of alkyl halides is 3. The first-order chi connectivity index (χ1) is 14.6. The van der Waals surface area contributed by atoms with Gasteiger partial charge in [0.2, 0.25) is 5.88 Å². The molecule has 0 saturated carbocycles. The van der Waals surface area contributed by atoms with Crippen molar-refractivity contribution in [3.63, 3.8) is 0 Å². The molecule has 1 fully saturated rings. The molecule has 0 radical (unpaired) electrons. The molecule has 0 atom stereocenters. The fourth-order valence-corrected chi connectivity index (χ4v) is 2.58. The smallest absolute Gasteiger partial charge is 0.475 e. The van der Waals surface area contributed by atoms with Crippen molar-refractivity contribution in [3.8, 4) is 17.3 Å². The molecule has 1 aliphatic rings. The number of carbonyl (C=O) groups is 1. The number of aryl methyl sites for hydroxylation is 1. The van der Waals surface area contributed by atoms with Crippen LogP contribution in [0.15, 0.2) is 35.3 Å². The normalized spacial score (nSPS) is 13.8. The molecule has 0 unspecified atom stereocenters. The lowest BCUT2D eigenvalue weighted by atomic mass is 10.1. The highest BCUT2D eigenvalue weighted by molar-refractivity contribution is 5.82. The number of aromatic nitrogens is 4. The summed E-state index contributed by atoms with van der Waals surface area (Å²) in [4.78, 5) is 34.5. The number of hydrogen-bond acceptors (Lipinski definition) is 7. The lowest BCUT2D eigenvalue weighted by molar-refractivity contribution is -0.192. The fourth-order valence-electron chi connectivity index (χ4n) is 2.58. The molecule has 164 valence electrons. The van der Waals surface area contributed by atoms with Crippen molar-refractivity contribution in [3.05, 3.63) is 46.6 Å². The van der Waals surface area contributed by atoms with E-state index in [9.17, 15) is 18.0 Å². The Morgan fingerprint density at radius 1 is 1.26 bits per heavy atom. The lowest BCUT2D eigenvalue weighted by Crippen LogP contribution is -2.50. The molecular formula is C19H18F3N5O4. The Morgan fingerprint density at radius 2 is 1.94 bits per heavy atom. The molecule has 2 N–H and O–H groups in total. The molecule has 1 saturated heterocycles. The standard InChI is InChI=1S/C17H17N5O2.C2HF3O2/c1-10-20-14-4-3-11(7-13(14)17(23)22(10)2)16-19-6-5-15(21-16)24-12-8-18-9-12;3-2(4,5)1(6)7/h3-7,12,18H,8-9H2,1-2H3;(H,6,7). The molecule has 12 heteroatoms. The second-order valence-electron chi connectivity index (χ2n) is 6.67. The van der Waals surface area contributed by atoms with E-state index in [2.05, 4.69) is 20.3 Å². The topological polar surface area (TPSA) is 119 Å². The summed E-state index contributed by atoms with van der Waals surface area (Å²) in [6, 6.07) is 7.23. The first-order valence-corrected chi connectivity index (χ1v) is 9.04. The number of benzene rings is 1. The monoisotopic (exact) mass is 437 g/mol. The number of ether oxygens (including phenoxy) is 1. The van der Waals surface area contributed by atoms with E-state index in [0.29, 0.717) is 28.4 Å². The van der Waals surface area contributed by atoms with Gasteiger partial charge in [-0.3, -0.25) is 9.36 Å². The van der Waals surface area contributed by atoms with Crippen molar-refractivity contribution >= 4 is 16.9 Å². The SMILES string of the molecule is Cc1nc2ccc(-c3nccc(OC4CNC4)n3)cc2c(=O)n1C.O=C(O)C(F)(F)F. The van der Waals surface area contributed by atoms with E-state index in [1.54, 1.807) is 25.4 Å². The minimum Gasteiger partial charge on any atom is -0.475 e. The van der Waals surface area contributed by atoms with Gasteiger partial charge in [-0.2, -0.15) is 18.2 Å². The predicted octanol–water partition coefficient (Wildman–Crippen LogP) is 1.68. The first-order valence-electron chi connectivity index (χ1n) is 9.04. The fraction of sp³-hybridized carbons (Fsp3) is 0.316. The second-order valence-corrected chi connectivity index (χ2v) is 6.67. The van der Waals surface area contributed by atoms with Crippen molar-refractivity contribution in [2.75, 3.05) is 13.1 Å².